The second kappa shape index (κ2) is 8.12. The molecular formula is C24H19ClF2N4O2. The lowest BCUT2D eigenvalue weighted by Crippen LogP contribution is -2.24. The predicted octanol–water partition coefficient (Wildman–Crippen LogP) is 5.94. The van der Waals surface area contributed by atoms with E-state index in [1.165, 1.54) is 12.3 Å². The molecule has 0 bridgehead atoms. The highest BCUT2D eigenvalue weighted by molar-refractivity contribution is 6.33. The van der Waals surface area contributed by atoms with Crippen molar-refractivity contribution < 1.29 is 13.3 Å². The molecule has 4 aromatic rings. The van der Waals surface area contributed by atoms with Gasteiger partial charge in [0.25, 0.3) is 5.92 Å². The van der Waals surface area contributed by atoms with E-state index >= 15 is 0 Å². The molecule has 0 atom stereocenters. The van der Waals surface area contributed by atoms with Gasteiger partial charge in [-0.25, -0.2) is 4.79 Å². The first-order valence-electron chi connectivity index (χ1n) is 10.4. The second-order valence-corrected chi connectivity index (χ2v) is 8.43. The van der Waals surface area contributed by atoms with Gasteiger partial charge in [0.15, 0.2) is 5.82 Å². The van der Waals surface area contributed by atoms with Crippen molar-refractivity contribution in [3.05, 3.63) is 81.6 Å². The Hall–Kier alpha value is -3.52. The molecule has 168 valence electrons. The minimum absolute atomic E-state index is 0.245. The van der Waals surface area contributed by atoms with Crippen molar-refractivity contribution in [3.63, 3.8) is 0 Å². The van der Waals surface area contributed by atoms with E-state index in [9.17, 15) is 13.6 Å². The summed E-state index contributed by atoms with van der Waals surface area (Å²) in [5.74, 6) is -3.32. The fourth-order valence-electron chi connectivity index (χ4n) is 4.08. The first kappa shape index (κ1) is 21.3. The zero-order chi connectivity index (χ0) is 23.2. The van der Waals surface area contributed by atoms with E-state index in [0.29, 0.717) is 10.6 Å². The molecule has 3 heterocycles. The van der Waals surface area contributed by atoms with Gasteiger partial charge in [-0.3, -0.25) is 14.5 Å². The highest BCUT2D eigenvalue weighted by atomic mass is 35.5. The zero-order valence-electron chi connectivity index (χ0n) is 17.6. The van der Waals surface area contributed by atoms with Gasteiger partial charge in [-0.1, -0.05) is 28.9 Å². The van der Waals surface area contributed by atoms with Crippen LogP contribution in [0.5, 0.6) is 0 Å². The number of fused-ring (bicyclic) bond motifs is 1. The van der Waals surface area contributed by atoms with Gasteiger partial charge in [0.05, 0.1) is 5.02 Å². The minimum Gasteiger partial charge on any atom is -0.341 e. The summed E-state index contributed by atoms with van der Waals surface area (Å²) in [6.07, 6.45) is 3.34. The van der Waals surface area contributed by atoms with E-state index in [2.05, 4.69) is 30.6 Å². The second-order valence-electron chi connectivity index (χ2n) is 8.03. The number of pyridine rings is 1. The van der Waals surface area contributed by atoms with E-state index in [1.807, 2.05) is 24.3 Å². The minimum atomic E-state index is -2.96. The molecule has 33 heavy (non-hydrogen) atoms. The summed E-state index contributed by atoms with van der Waals surface area (Å²) < 4.78 is 31.5. The van der Waals surface area contributed by atoms with Crippen molar-refractivity contribution in [1.82, 2.24) is 15.1 Å². The van der Waals surface area contributed by atoms with E-state index in [-0.39, 0.29) is 11.5 Å². The van der Waals surface area contributed by atoms with Crippen LogP contribution in [0, 0.1) is 0 Å². The van der Waals surface area contributed by atoms with Crippen molar-refractivity contribution in [3.8, 4) is 22.5 Å². The smallest absolute Gasteiger partial charge is 0.341 e. The fraction of sp³-hybridized carbons (Fsp3) is 0.208. The molecule has 0 aliphatic carbocycles. The predicted molar refractivity (Wildman–Crippen MR) is 122 cm³/mol. The Labute approximate surface area is 192 Å². The van der Waals surface area contributed by atoms with Crippen LogP contribution in [0.2, 0.25) is 5.02 Å². The molecule has 1 aliphatic heterocycles. The van der Waals surface area contributed by atoms with Crippen LogP contribution in [-0.2, 0) is 12.3 Å². The van der Waals surface area contributed by atoms with Gasteiger partial charge in [0, 0.05) is 42.2 Å². The van der Waals surface area contributed by atoms with Crippen molar-refractivity contribution in [1.29, 1.82) is 0 Å². The Balaban J connectivity index is 1.45. The number of aromatic nitrogens is 3. The molecule has 0 spiro atoms. The van der Waals surface area contributed by atoms with Crippen molar-refractivity contribution in [2.24, 2.45) is 0 Å². The average Bonchev–Trinajstić information content (AvgIpc) is 3.23. The maximum absolute atomic E-state index is 13.5. The van der Waals surface area contributed by atoms with Gasteiger partial charge in [0.2, 0.25) is 0 Å². The van der Waals surface area contributed by atoms with Crippen LogP contribution in [0.1, 0.15) is 24.6 Å². The lowest BCUT2D eigenvalue weighted by Gasteiger charge is -2.32. The number of hydrogen-bond donors (Lipinski definition) is 1. The third kappa shape index (κ3) is 4.14. The number of H-pyrrole nitrogens is 1. The Morgan fingerprint density at radius 3 is 2.61 bits per heavy atom. The maximum atomic E-state index is 13.5. The first-order chi connectivity index (χ1) is 15.8. The molecule has 5 rings (SSSR count). The van der Waals surface area contributed by atoms with Crippen LogP contribution in [0.3, 0.4) is 0 Å². The van der Waals surface area contributed by atoms with Crippen molar-refractivity contribution in [2.45, 2.75) is 25.7 Å². The topological polar surface area (TPSA) is 75.0 Å². The van der Waals surface area contributed by atoms with E-state index in [4.69, 9.17) is 11.6 Å². The van der Waals surface area contributed by atoms with Crippen molar-refractivity contribution in [2.75, 3.05) is 11.4 Å². The Bertz CT molecular complexity index is 1380. The molecule has 6 nitrogen and oxygen atoms in total. The number of alkyl halides is 2. The third-order valence-electron chi connectivity index (χ3n) is 5.70. The number of nitrogens with zero attached hydrogens (tertiary/aromatic N) is 3. The summed E-state index contributed by atoms with van der Waals surface area (Å²) in [6, 6.07) is 14.7. The number of hydrogen-bond acceptors (Lipinski definition) is 5. The highest BCUT2D eigenvalue weighted by Crippen LogP contribution is 2.38. The van der Waals surface area contributed by atoms with E-state index < -0.39 is 11.7 Å². The van der Waals surface area contributed by atoms with Crippen LogP contribution in [0.25, 0.3) is 22.5 Å². The summed E-state index contributed by atoms with van der Waals surface area (Å²) in [4.78, 5) is 19.9. The van der Waals surface area contributed by atoms with Crippen molar-refractivity contribution >= 4 is 23.0 Å². The monoisotopic (exact) mass is 468 g/mol. The molecule has 1 N–H and O–H groups in total. The molecule has 2 aromatic carbocycles. The lowest BCUT2D eigenvalue weighted by molar-refractivity contribution is 0.0128. The first-order valence-corrected chi connectivity index (χ1v) is 10.8. The molecule has 9 heteroatoms. The molecule has 2 aromatic heterocycles. The van der Waals surface area contributed by atoms with Gasteiger partial charge in [-0.05, 0) is 60.4 Å². The van der Waals surface area contributed by atoms with Crippen LogP contribution in [0.15, 0.2) is 64.0 Å². The van der Waals surface area contributed by atoms with Crippen LogP contribution < -0.4 is 10.7 Å². The van der Waals surface area contributed by atoms with E-state index in [0.717, 1.165) is 54.4 Å². The molecule has 0 unspecified atom stereocenters. The molecule has 0 saturated carbocycles. The number of aromatic amines is 1. The lowest BCUT2D eigenvalue weighted by atomic mass is 9.96. The molecule has 0 fully saturated rings. The number of halogens is 3. The highest BCUT2D eigenvalue weighted by Gasteiger charge is 2.26. The van der Waals surface area contributed by atoms with Gasteiger partial charge in [-0.15, -0.1) is 0 Å². The average molecular weight is 469 g/mol. The maximum Gasteiger partial charge on any atom is 0.439 e. The SMILES string of the molecule is CC(F)(F)c1ccc(-c2ccc3c(c2)CCCN3c2ccc(-c3noc(=O)[nH]3)c(Cl)c2)cn1. The Kier molecular flexibility index (Phi) is 5.25. The van der Waals surface area contributed by atoms with E-state index in [1.54, 1.807) is 12.1 Å². The number of nitrogens with one attached hydrogen (secondary N) is 1. The van der Waals surface area contributed by atoms with Gasteiger partial charge < -0.3 is 4.90 Å². The molecule has 0 saturated heterocycles. The number of aryl methyl sites for hydroxylation is 1. The molecule has 1 aliphatic rings. The zero-order valence-corrected chi connectivity index (χ0v) is 18.4. The summed E-state index contributed by atoms with van der Waals surface area (Å²) in [5, 5.41) is 4.14. The van der Waals surface area contributed by atoms with Gasteiger partial charge in [0.1, 0.15) is 5.69 Å². The number of rotatable bonds is 4. The van der Waals surface area contributed by atoms with Crippen LogP contribution >= 0.6 is 11.6 Å². The van der Waals surface area contributed by atoms with Crippen LogP contribution in [-0.4, -0.2) is 21.7 Å². The normalized spacial score (nSPS) is 13.8. The number of anilines is 2. The molecular weight excluding hydrogens is 450 g/mol. The Morgan fingerprint density at radius 1 is 1.12 bits per heavy atom. The summed E-state index contributed by atoms with van der Waals surface area (Å²) in [6.45, 7) is 1.66. The largest absolute Gasteiger partial charge is 0.439 e. The summed E-state index contributed by atoms with van der Waals surface area (Å²) in [5.41, 5.74) is 5.18. The van der Waals surface area contributed by atoms with Crippen LogP contribution in [0.4, 0.5) is 20.2 Å². The molecule has 0 radical (unpaired) electrons. The van der Waals surface area contributed by atoms with Gasteiger partial charge in [-0.2, -0.15) is 8.78 Å². The third-order valence-corrected chi connectivity index (χ3v) is 6.02. The molecule has 0 amide bonds. The fourth-order valence-corrected chi connectivity index (χ4v) is 4.34. The number of benzene rings is 2. The van der Waals surface area contributed by atoms with Gasteiger partial charge >= 0.3 is 5.76 Å². The standard InChI is InChI=1S/C24H19ClF2N4O2/c1-24(26,27)21-9-5-16(13-28-21)14-4-8-20-15(11-14)3-2-10-31(20)17-6-7-18(19(25)12-17)22-29-23(32)33-30-22/h4-9,11-13H,2-3,10H2,1H3,(H,29,30,32). The summed E-state index contributed by atoms with van der Waals surface area (Å²) >= 11 is 6.48. The summed E-state index contributed by atoms with van der Waals surface area (Å²) in [7, 11) is 0. The Morgan fingerprint density at radius 2 is 1.94 bits per heavy atom. The quantitative estimate of drug-likeness (QED) is 0.401.